The number of nitrogens with zero attached hydrogens (tertiary/aromatic N) is 1. The van der Waals surface area contributed by atoms with Crippen LogP contribution in [0.25, 0.3) is 0 Å². The molecule has 2 heterocycles. The normalized spacial score (nSPS) is 10.6. The molecule has 0 unspecified atom stereocenters. The molecule has 0 saturated heterocycles. The van der Waals surface area contributed by atoms with Crippen molar-refractivity contribution in [3.8, 4) is 0 Å². The van der Waals surface area contributed by atoms with Crippen LogP contribution in [0.3, 0.4) is 0 Å². The van der Waals surface area contributed by atoms with Crippen molar-refractivity contribution < 1.29 is 0 Å². The third-order valence-electron chi connectivity index (χ3n) is 1.99. The standard InChI is InChI=1S/C10H13N3S/c1-3-11-7-9(1)8-12-4-2-10-13-5-6-14-10/h1,3,5-7,11-12H,2,4,8H2. The highest BCUT2D eigenvalue weighted by Gasteiger charge is 1.95. The second kappa shape index (κ2) is 4.93. The van der Waals surface area contributed by atoms with E-state index in [1.165, 1.54) is 10.6 Å². The van der Waals surface area contributed by atoms with E-state index in [2.05, 4.69) is 21.4 Å². The zero-order valence-electron chi connectivity index (χ0n) is 7.86. The molecule has 74 valence electrons. The SMILES string of the molecule is c1csc(CCNCc2cc[nH]c2)n1. The van der Waals surface area contributed by atoms with Crippen molar-refractivity contribution >= 4 is 11.3 Å². The number of rotatable bonds is 5. The molecule has 2 aromatic rings. The first-order chi connectivity index (χ1) is 6.95. The van der Waals surface area contributed by atoms with Gasteiger partial charge in [-0.2, -0.15) is 0 Å². The Labute approximate surface area is 87.2 Å². The number of H-pyrrole nitrogens is 1. The Morgan fingerprint density at radius 2 is 2.50 bits per heavy atom. The maximum atomic E-state index is 4.22. The first-order valence-electron chi connectivity index (χ1n) is 4.66. The summed E-state index contributed by atoms with van der Waals surface area (Å²) in [6, 6.07) is 2.08. The lowest BCUT2D eigenvalue weighted by Gasteiger charge is -2.00. The van der Waals surface area contributed by atoms with Gasteiger partial charge in [0, 0.05) is 43.5 Å². The Hall–Kier alpha value is -1.13. The summed E-state index contributed by atoms with van der Waals surface area (Å²) in [6.07, 6.45) is 6.82. The lowest BCUT2D eigenvalue weighted by molar-refractivity contribution is 0.686. The molecule has 0 spiro atoms. The first-order valence-corrected chi connectivity index (χ1v) is 5.54. The molecule has 0 aliphatic rings. The van der Waals surface area contributed by atoms with Gasteiger partial charge in [0.2, 0.25) is 0 Å². The Balaban J connectivity index is 1.65. The van der Waals surface area contributed by atoms with E-state index in [0.29, 0.717) is 0 Å². The predicted molar refractivity (Wildman–Crippen MR) is 58.3 cm³/mol. The van der Waals surface area contributed by atoms with Crippen molar-refractivity contribution in [1.82, 2.24) is 15.3 Å². The lowest BCUT2D eigenvalue weighted by atomic mass is 10.3. The fourth-order valence-electron chi connectivity index (χ4n) is 1.27. The molecule has 4 heteroatoms. The van der Waals surface area contributed by atoms with E-state index in [1.807, 2.05) is 24.0 Å². The van der Waals surface area contributed by atoms with Crippen LogP contribution < -0.4 is 5.32 Å². The average Bonchev–Trinajstić information content (AvgIpc) is 2.86. The highest BCUT2D eigenvalue weighted by atomic mass is 32.1. The van der Waals surface area contributed by atoms with Crippen molar-refractivity contribution in [1.29, 1.82) is 0 Å². The Morgan fingerprint density at radius 3 is 3.21 bits per heavy atom. The van der Waals surface area contributed by atoms with Gasteiger partial charge in [-0.25, -0.2) is 4.98 Å². The summed E-state index contributed by atoms with van der Waals surface area (Å²) in [4.78, 5) is 7.26. The minimum absolute atomic E-state index is 0.925. The molecule has 2 rings (SSSR count). The topological polar surface area (TPSA) is 40.7 Å². The number of hydrogen-bond donors (Lipinski definition) is 2. The number of hydrogen-bond acceptors (Lipinski definition) is 3. The molecule has 2 N–H and O–H groups in total. The van der Waals surface area contributed by atoms with E-state index in [0.717, 1.165) is 19.5 Å². The third-order valence-corrected chi connectivity index (χ3v) is 2.83. The molecule has 0 atom stereocenters. The molecule has 0 amide bonds. The lowest BCUT2D eigenvalue weighted by Crippen LogP contribution is -2.16. The summed E-state index contributed by atoms with van der Waals surface area (Å²) < 4.78 is 0. The largest absolute Gasteiger partial charge is 0.367 e. The summed E-state index contributed by atoms with van der Waals surface area (Å²) in [7, 11) is 0. The second-order valence-corrected chi connectivity index (χ2v) is 4.05. The highest BCUT2D eigenvalue weighted by molar-refractivity contribution is 7.09. The van der Waals surface area contributed by atoms with E-state index in [9.17, 15) is 0 Å². The molecular weight excluding hydrogens is 194 g/mol. The third kappa shape index (κ3) is 2.68. The van der Waals surface area contributed by atoms with Crippen molar-refractivity contribution in [2.45, 2.75) is 13.0 Å². The number of aromatic amines is 1. The fraction of sp³-hybridized carbons (Fsp3) is 0.300. The van der Waals surface area contributed by atoms with Crippen LogP contribution in [0.5, 0.6) is 0 Å². The minimum Gasteiger partial charge on any atom is -0.367 e. The Bertz CT molecular complexity index is 303. The van der Waals surface area contributed by atoms with Crippen molar-refractivity contribution in [3.63, 3.8) is 0 Å². The van der Waals surface area contributed by atoms with Crippen molar-refractivity contribution in [2.75, 3.05) is 6.54 Å². The molecule has 3 nitrogen and oxygen atoms in total. The molecule has 14 heavy (non-hydrogen) atoms. The zero-order chi connectivity index (χ0) is 9.64. The first kappa shape index (κ1) is 9.43. The molecule has 0 bridgehead atoms. The van der Waals surface area contributed by atoms with Gasteiger partial charge in [0.25, 0.3) is 0 Å². The zero-order valence-corrected chi connectivity index (χ0v) is 8.68. The smallest absolute Gasteiger partial charge is 0.0937 e. The van der Waals surface area contributed by atoms with Gasteiger partial charge in [0.05, 0.1) is 5.01 Å². The van der Waals surface area contributed by atoms with Gasteiger partial charge in [-0.3, -0.25) is 0 Å². The molecule has 0 aliphatic heterocycles. The van der Waals surface area contributed by atoms with E-state index in [1.54, 1.807) is 11.3 Å². The summed E-state index contributed by atoms with van der Waals surface area (Å²) in [5, 5.41) is 6.59. The average molecular weight is 207 g/mol. The van der Waals surface area contributed by atoms with Crippen LogP contribution in [0.15, 0.2) is 30.0 Å². The fourth-order valence-corrected chi connectivity index (χ4v) is 1.89. The van der Waals surface area contributed by atoms with Crippen LogP contribution in [0, 0.1) is 0 Å². The maximum absolute atomic E-state index is 4.22. The summed E-state index contributed by atoms with van der Waals surface area (Å²) in [5.74, 6) is 0. The van der Waals surface area contributed by atoms with Crippen LogP contribution >= 0.6 is 11.3 Å². The molecule has 2 aromatic heterocycles. The van der Waals surface area contributed by atoms with Crippen LogP contribution in [0.4, 0.5) is 0 Å². The molecule has 0 fully saturated rings. The molecule has 0 radical (unpaired) electrons. The summed E-state index contributed by atoms with van der Waals surface area (Å²) >= 11 is 1.71. The number of aromatic nitrogens is 2. The van der Waals surface area contributed by atoms with Gasteiger partial charge in [-0.1, -0.05) is 0 Å². The van der Waals surface area contributed by atoms with Crippen LogP contribution in [0.1, 0.15) is 10.6 Å². The molecular formula is C10H13N3S. The summed E-state index contributed by atoms with van der Waals surface area (Å²) in [5.41, 5.74) is 1.30. The highest BCUT2D eigenvalue weighted by Crippen LogP contribution is 2.03. The minimum atomic E-state index is 0.925. The van der Waals surface area contributed by atoms with E-state index >= 15 is 0 Å². The number of thiazole rings is 1. The van der Waals surface area contributed by atoms with Gasteiger partial charge in [-0.15, -0.1) is 11.3 Å². The molecule has 0 aliphatic carbocycles. The summed E-state index contributed by atoms with van der Waals surface area (Å²) in [6.45, 7) is 1.91. The second-order valence-electron chi connectivity index (χ2n) is 3.07. The predicted octanol–water partition coefficient (Wildman–Crippen LogP) is 1.80. The van der Waals surface area contributed by atoms with E-state index in [-0.39, 0.29) is 0 Å². The monoisotopic (exact) mass is 207 g/mol. The Morgan fingerprint density at radius 1 is 1.50 bits per heavy atom. The molecule has 0 aromatic carbocycles. The van der Waals surface area contributed by atoms with Crippen LogP contribution in [-0.4, -0.2) is 16.5 Å². The van der Waals surface area contributed by atoms with Gasteiger partial charge >= 0.3 is 0 Å². The van der Waals surface area contributed by atoms with Crippen LogP contribution in [-0.2, 0) is 13.0 Å². The van der Waals surface area contributed by atoms with Gasteiger partial charge in [-0.05, 0) is 11.6 Å². The van der Waals surface area contributed by atoms with Gasteiger partial charge in [0.15, 0.2) is 0 Å². The quantitative estimate of drug-likeness (QED) is 0.734. The van der Waals surface area contributed by atoms with E-state index < -0.39 is 0 Å². The van der Waals surface area contributed by atoms with Crippen molar-refractivity contribution in [3.05, 3.63) is 40.6 Å². The number of nitrogens with one attached hydrogen (secondary N) is 2. The van der Waals surface area contributed by atoms with Gasteiger partial charge in [0.1, 0.15) is 0 Å². The van der Waals surface area contributed by atoms with Gasteiger partial charge < -0.3 is 10.3 Å². The maximum Gasteiger partial charge on any atom is 0.0937 e. The van der Waals surface area contributed by atoms with Crippen molar-refractivity contribution in [2.24, 2.45) is 0 Å². The molecule has 0 saturated carbocycles. The van der Waals surface area contributed by atoms with E-state index in [4.69, 9.17) is 0 Å². The Kier molecular flexibility index (Phi) is 3.32. The van der Waals surface area contributed by atoms with Crippen LogP contribution in [0.2, 0.25) is 0 Å².